The summed E-state index contributed by atoms with van der Waals surface area (Å²) in [4.78, 5) is 31.5. The number of rotatable bonds is 3. The SMILES string of the molecule is CC(C)(C)CC(=O)C(=O)C(=O)O. The zero-order valence-electron chi connectivity index (χ0n) is 7.38. The van der Waals surface area contributed by atoms with Gasteiger partial charge in [-0.05, 0) is 5.41 Å². The van der Waals surface area contributed by atoms with Gasteiger partial charge >= 0.3 is 11.8 Å². The Morgan fingerprint density at radius 2 is 1.58 bits per heavy atom. The van der Waals surface area contributed by atoms with E-state index in [0.717, 1.165) is 0 Å². The van der Waals surface area contributed by atoms with Gasteiger partial charge in [-0.1, -0.05) is 20.8 Å². The third kappa shape index (κ3) is 3.85. The molecule has 0 aromatic heterocycles. The molecule has 0 bridgehead atoms. The minimum Gasteiger partial charge on any atom is -0.475 e. The van der Waals surface area contributed by atoms with Crippen LogP contribution in [-0.2, 0) is 14.4 Å². The fourth-order valence-corrected chi connectivity index (χ4v) is 0.681. The van der Waals surface area contributed by atoms with E-state index < -0.39 is 17.5 Å². The zero-order valence-corrected chi connectivity index (χ0v) is 7.38. The molecule has 0 unspecified atom stereocenters. The summed E-state index contributed by atoms with van der Waals surface area (Å²) in [5, 5.41) is 8.18. The average Bonchev–Trinajstić information content (AvgIpc) is 1.82. The van der Waals surface area contributed by atoms with Crippen LogP contribution in [0.1, 0.15) is 27.2 Å². The van der Waals surface area contributed by atoms with Gasteiger partial charge in [-0.15, -0.1) is 0 Å². The topological polar surface area (TPSA) is 71.4 Å². The lowest BCUT2D eigenvalue weighted by molar-refractivity contribution is -0.153. The monoisotopic (exact) mass is 172 g/mol. The molecule has 0 aromatic rings. The quantitative estimate of drug-likeness (QED) is 0.501. The molecule has 68 valence electrons. The van der Waals surface area contributed by atoms with E-state index in [1.165, 1.54) is 0 Å². The maximum absolute atomic E-state index is 10.9. The van der Waals surface area contributed by atoms with Crippen molar-refractivity contribution in [1.29, 1.82) is 0 Å². The smallest absolute Gasteiger partial charge is 0.380 e. The normalized spacial score (nSPS) is 10.9. The van der Waals surface area contributed by atoms with Gasteiger partial charge in [0.05, 0.1) is 0 Å². The van der Waals surface area contributed by atoms with Crippen LogP contribution in [0.25, 0.3) is 0 Å². The number of carbonyl (C=O) groups excluding carboxylic acids is 2. The van der Waals surface area contributed by atoms with E-state index in [1.807, 2.05) is 0 Å². The number of ketones is 2. The molecule has 4 heteroatoms. The third-order valence-electron chi connectivity index (χ3n) is 1.14. The van der Waals surface area contributed by atoms with Crippen molar-refractivity contribution in [2.45, 2.75) is 27.2 Å². The Morgan fingerprint density at radius 3 is 1.83 bits per heavy atom. The summed E-state index contributed by atoms with van der Waals surface area (Å²) >= 11 is 0. The molecule has 0 aliphatic heterocycles. The van der Waals surface area contributed by atoms with Crippen molar-refractivity contribution in [3.8, 4) is 0 Å². The van der Waals surface area contributed by atoms with Gasteiger partial charge in [0.2, 0.25) is 5.78 Å². The summed E-state index contributed by atoms with van der Waals surface area (Å²) in [5.74, 6) is -3.84. The highest BCUT2D eigenvalue weighted by molar-refractivity contribution is 6.61. The van der Waals surface area contributed by atoms with Crippen molar-refractivity contribution in [3.63, 3.8) is 0 Å². The molecule has 0 aliphatic carbocycles. The Balaban J connectivity index is 4.25. The third-order valence-corrected chi connectivity index (χ3v) is 1.14. The molecule has 0 spiro atoms. The Hall–Kier alpha value is -1.19. The van der Waals surface area contributed by atoms with Crippen LogP contribution in [-0.4, -0.2) is 22.6 Å². The van der Waals surface area contributed by atoms with E-state index in [2.05, 4.69) is 0 Å². The van der Waals surface area contributed by atoms with Gasteiger partial charge < -0.3 is 5.11 Å². The average molecular weight is 172 g/mol. The Bertz CT molecular complexity index is 222. The van der Waals surface area contributed by atoms with Gasteiger partial charge in [0.15, 0.2) is 0 Å². The fraction of sp³-hybridized carbons (Fsp3) is 0.625. The predicted molar refractivity (Wildman–Crippen MR) is 41.7 cm³/mol. The van der Waals surface area contributed by atoms with Crippen LogP contribution >= 0.6 is 0 Å². The minimum absolute atomic E-state index is 0.0296. The summed E-state index contributed by atoms with van der Waals surface area (Å²) < 4.78 is 0. The highest BCUT2D eigenvalue weighted by atomic mass is 16.4. The molecule has 0 heterocycles. The molecule has 0 radical (unpaired) electrons. The van der Waals surface area contributed by atoms with E-state index in [9.17, 15) is 14.4 Å². The second-order valence-corrected chi connectivity index (χ2v) is 3.79. The first-order chi connectivity index (χ1) is 5.24. The molecule has 0 saturated heterocycles. The van der Waals surface area contributed by atoms with Gasteiger partial charge in [-0.2, -0.15) is 0 Å². The first kappa shape index (κ1) is 10.8. The number of carboxylic acids is 1. The summed E-state index contributed by atoms with van der Waals surface area (Å²) in [5.41, 5.74) is -0.345. The van der Waals surface area contributed by atoms with Crippen molar-refractivity contribution in [3.05, 3.63) is 0 Å². The van der Waals surface area contributed by atoms with Crippen LogP contribution in [0, 0.1) is 5.41 Å². The van der Waals surface area contributed by atoms with E-state index in [0.29, 0.717) is 0 Å². The molecule has 0 aliphatic rings. The molecular weight excluding hydrogens is 160 g/mol. The Kier molecular flexibility index (Phi) is 3.13. The standard InChI is InChI=1S/C8H12O4/c1-8(2,3)4-5(9)6(10)7(11)12/h4H2,1-3H3,(H,11,12). The van der Waals surface area contributed by atoms with Crippen molar-refractivity contribution in [2.24, 2.45) is 5.41 Å². The lowest BCUT2D eigenvalue weighted by atomic mass is 9.89. The predicted octanol–water partition coefficient (Wildman–Crippen LogP) is 0.645. The van der Waals surface area contributed by atoms with E-state index in [4.69, 9.17) is 5.11 Å². The van der Waals surface area contributed by atoms with E-state index in [1.54, 1.807) is 20.8 Å². The highest BCUT2D eigenvalue weighted by Crippen LogP contribution is 2.18. The van der Waals surface area contributed by atoms with Crippen LogP contribution < -0.4 is 0 Å². The van der Waals surface area contributed by atoms with Gasteiger partial charge in [-0.25, -0.2) is 4.79 Å². The van der Waals surface area contributed by atoms with Crippen LogP contribution in [0.15, 0.2) is 0 Å². The molecule has 0 saturated carbocycles. The van der Waals surface area contributed by atoms with Crippen LogP contribution in [0.4, 0.5) is 0 Å². The van der Waals surface area contributed by atoms with Gasteiger partial charge in [0.1, 0.15) is 0 Å². The molecule has 12 heavy (non-hydrogen) atoms. The molecule has 0 aromatic carbocycles. The molecule has 0 amide bonds. The van der Waals surface area contributed by atoms with Gasteiger partial charge in [0, 0.05) is 6.42 Å². The molecule has 0 atom stereocenters. The maximum atomic E-state index is 10.9. The molecule has 1 N–H and O–H groups in total. The van der Waals surface area contributed by atoms with Gasteiger partial charge in [0.25, 0.3) is 0 Å². The second kappa shape index (κ2) is 3.47. The number of carboxylic acid groups (broad SMARTS) is 1. The first-order valence-corrected chi connectivity index (χ1v) is 3.54. The largest absolute Gasteiger partial charge is 0.475 e. The number of Topliss-reactive ketones (excluding diaryl/α,β-unsaturated/α-hetero) is 2. The Labute approximate surface area is 70.6 Å². The van der Waals surface area contributed by atoms with Crippen molar-refractivity contribution >= 4 is 17.5 Å². The van der Waals surface area contributed by atoms with E-state index in [-0.39, 0.29) is 11.8 Å². The summed E-state index contributed by atoms with van der Waals surface area (Å²) in [6, 6.07) is 0. The van der Waals surface area contributed by atoms with Crippen LogP contribution in [0.2, 0.25) is 0 Å². The van der Waals surface area contributed by atoms with Crippen molar-refractivity contribution < 1.29 is 19.5 Å². The lowest BCUT2D eigenvalue weighted by Gasteiger charge is -2.14. The molecular formula is C8H12O4. The number of hydrogen-bond donors (Lipinski definition) is 1. The first-order valence-electron chi connectivity index (χ1n) is 3.54. The summed E-state index contributed by atoms with van der Waals surface area (Å²) in [6.45, 7) is 5.29. The highest BCUT2D eigenvalue weighted by Gasteiger charge is 2.26. The number of aliphatic carboxylic acids is 1. The Morgan fingerprint density at radius 1 is 1.17 bits per heavy atom. The lowest BCUT2D eigenvalue weighted by Crippen LogP contribution is -2.27. The van der Waals surface area contributed by atoms with Crippen LogP contribution in [0.3, 0.4) is 0 Å². The van der Waals surface area contributed by atoms with E-state index >= 15 is 0 Å². The summed E-state index contributed by atoms with van der Waals surface area (Å²) in [6.07, 6.45) is -0.0296. The van der Waals surface area contributed by atoms with Crippen LogP contribution in [0.5, 0.6) is 0 Å². The molecule has 0 fully saturated rings. The zero-order chi connectivity index (χ0) is 9.94. The second-order valence-electron chi connectivity index (χ2n) is 3.79. The van der Waals surface area contributed by atoms with Crippen molar-refractivity contribution in [1.82, 2.24) is 0 Å². The fourth-order valence-electron chi connectivity index (χ4n) is 0.681. The molecule has 4 nitrogen and oxygen atoms in total. The number of carbonyl (C=O) groups is 3. The minimum atomic E-state index is -1.68. The van der Waals surface area contributed by atoms with Gasteiger partial charge in [-0.3, -0.25) is 9.59 Å². The maximum Gasteiger partial charge on any atom is 0.380 e. The summed E-state index contributed by atoms with van der Waals surface area (Å²) in [7, 11) is 0. The number of hydrogen-bond acceptors (Lipinski definition) is 3. The molecule has 0 rings (SSSR count). The van der Waals surface area contributed by atoms with Crippen molar-refractivity contribution in [2.75, 3.05) is 0 Å².